The second-order valence-corrected chi connectivity index (χ2v) is 5.42. The van der Waals surface area contributed by atoms with E-state index in [4.69, 9.17) is 23.2 Å². The Labute approximate surface area is 129 Å². The maximum absolute atomic E-state index is 11.2. The number of carbonyl (C=O) groups excluding carboxylic acids is 1. The van der Waals surface area contributed by atoms with Crippen LogP contribution in [0.25, 0.3) is 0 Å². The molecule has 0 fully saturated rings. The highest BCUT2D eigenvalue weighted by Gasteiger charge is 2.12. The number of rotatable bonds is 5. The van der Waals surface area contributed by atoms with Gasteiger partial charge in [0.1, 0.15) is 6.54 Å². The smallest absolute Gasteiger partial charge is 0.327 e. The number of hydrogen-bond donors (Lipinski definition) is 0. The lowest BCUT2D eigenvalue weighted by Gasteiger charge is -2.05. The fourth-order valence-electron chi connectivity index (χ4n) is 1.39. The number of ether oxygens (including phenoxy) is 1. The van der Waals surface area contributed by atoms with Crippen molar-refractivity contribution in [3.05, 3.63) is 33.8 Å². The first kappa shape index (κ1) is 15.1. The minimum absolute atomic E-state index is 0.0326. The third-order valence-electron chi connectivity index (χ3n) is 2.39. The first-order valence-electron chi connectivity index (χ1n) is 5.50. The first-order chi connectivity index (χ1) is 9.61. The van der Waals surface area contributed by atoms with Gasteiger partial charge in [0.05, 0.1) is 17.2 Å². The Morgan fingerprint density at radius 3 is 3.00 bits per heavy atom. The predicted octanol–water partition coefficient (Wildman–Crippen LogP) is 2.45. The van der Waals surface area contributed by atoms with Crippen LogP contribution in [0.5, 0.6) is 0 Å². The molecule has 0 unspecified atom stereocenters. The van der Waals surface area contributed by atoms with Crippen molar-refractivity contribution in [1.82, 2.24) is 20.2 Å². The second kappa shape index (κ2) is 6.92. The van der Waals surface area contributed by atoms with Crippen LogP contribution in [0.2, 0.25) is 10.0 Å². The highest BCUT2D eigenvalue weighted by atomic mass is 35.5. The molecule has 0 amide bonds. The van der Waals surface area contributed by atoms with Crippen molar-refractivity contribution in [2.75, 3.05) is 7.11 Å². The number of nitrogens with zero attached hydrogens (tertiary/aromatic N) is 4. The topological polar surface area (TPSA) is 69.9 Å². The minimum Gasteiger partial charge on any atom is -0.468 e. The summed E-state index contributed by atoms with van der Waals surface area (Å²) in [5.41, 5.74) is 0.872. The van der Waals surface area contributed by atoms with Crippen molar-refractivity contribution in [1.29, 1.82) is 0 Å². The van der Waals surface area contributed by atoms with E-state index in [9.17, 15) is 4.79 Å². The highest BCUT2D eigenvalue weighted by Crippen LogP contribution is 2.30. The van der Waals surface area contributed by atoms with E-state index < -0.39 is 5.97 Å². The Morgan fingerprint density at radius 2 is 2.25 bits per heavy atom. The van der Waals surface area contributed by atoms with Gasteiger partial charge >= 0.3 is 5.97 Å². The van der Waals surface area contributed by atoms with E-state index in [1.54, 1.807) is 6.07 Å². The maximum Gasteiger partial charge on any atom is 0.327 e. The number of hydrogen-bond acceptors (Lipinski definition) is 6. The molecule has 0 atom stereocenters. The van der Waals surface area contributed by atoms with Crippen LogP contribution in [0.15, 0.2) is 23.4 Å². The van der Waals surface area contributed by atoms with Crippen LogP contribution in [0, 0.1) is 0 Å². The lowest BCUT2D eigenvalue weighted by Crippen LogP contribution is -2.13. The molecular formula is C11H10Cl2N4O2S. The second-order valence-electron chi connectivity index (χ2n) is 3.70. The van der Waals surface area contributed by atoms with E-state index in [2.05, 4.69) is 20.3 Å². The van der Waals surface area contributed by atoms with Crippen molar-refractivity contribution >= 4 is 40.9 Å². The number of benzene rings is 1. The molecule has 2 aromatic rings. The zero-order chi connectivity index (χ0) is 14.5. The van der Waals surface area contributed by atoms with Gasteiger partial charge < -0.3 is 4.74 Å². The molecule has 0 saturated carbocycles. The summed E-state index contributed by atoms with van der Waals surface area (Å²) in [7, 11) is 1.31. The average Bonchev–Trinajstić information content (AvgIpc) is 2.87. The third-order valence-corrected chi connectivity index (χ3v) is 4.26. The summed E-state index contributed by atoms with van der Waals surface area (Å²) in [5.74, 6) is 0.126. The molecule has 6 nitrogen and oxygen atoms in total. The molecule has 106 valence electrons. The molecule has 1 aromatic carbocycles. The van der Waals surface area contributed by atoms with Gasteiger partial charge in [-0.2, -0.15) is 0 Å². The summed E-state index contributed by atoms with van der Waals surface area (Å²) in [6.07, 6.45) is 0. The largest absolute Gasteiger partial charge is 0.468 e. The summed E-state index contributed by atoms with van der Waals surface area (Å²) in [5, 5.41) is 12.6. The molecule has 0 bridgehead atoms. The highest BCUT2D eigenvalue weighted by molar-refractivity contribution is 7.98. The molecule has 0 N–H and O–H groups in total. The fourth-order valence-corrected chi connectivity index (χ4v) is 2.72. The molecule has 0 aliphatic rings. The normalized spacial score (nSPS) is 10.6. The monoisotopic (exact) mass is 332 g/mol. The van der Waals surface area contributed by atoms with E-state index in [-0.39, 0.29) is 6.54 Å². The van der Waals surface area contributed by atoms with Crippen molar-refractivity contribution < 1.29 is 9.53 Å². The third kappa shape index (κ3) is 3.62. The van der Waals surface area contributed by atoms with E-state index >= 15 is 0 Å². The van der Waals surface area contributed by atoms with Gasteiger partial charge in [0.2, 0.25) is 5.16 Å². The van der Waals surface area contributed by atoms with Crippen LogP contribution in [-0.4, -0.2) is 33.3 Å². The SMILES string of the molecule is COC(=O)Cn1nnnc1SCc1cccc(Cl)c1Cl. The van der Waals surface area contributed by atoms with Gasteiger partial charge in [0.25, 0.3) is 0 Å². The average molecular weight is 333 g/mol. The van der Waals surface area contributed by atoms with Crippen molar-refractivity contribution in [2.24, 2.45) is 0 Å². The number of carbonyl (C=O) groups is 1. The Kier molecular flexibility index (Phi) is 5.22. The van der Waals surface area contributed by atoms with E-state index in [0.717, 1.165) is 5.56 Å². The molecular weight excluding hydrogens is 323 g/mol. The summed E-state index contributed by atoms with van der Waals surface area (Å²) in [6.45, 7) is -0.0326. The molecule has 0 saturated heterocycles. The van der Waals surface area contributed by atoms with Crippen molar-refractivity contribution in [3.63, 3.8) is 0 Å². The fraction of sp³-hybridized carbons (Fsp3) is 0.273. The van der Waals surface area contributed by atoms with Crippen LogP contribution in [0.4, 0.5) is 0 Å². The molecule has 2 rings (SSSR count). The van der Waals surface area contributed by atoms with Crippen LogP contribution in [-0.2, 0) is 21.8 Å². The van der Waals surface area contributed by atoms with Gasteiger partial charge in [-0.15, -0.1) is 5.10 Å². The number of tetrazole rings is 1. The quantitative estimate of drug-likeness (QED) is 0.618. The molecule has 1 aromatic heterocycles. The molecule has 20 heavy (non-hydrogen) atoms. The van der Waals surface area contributed by atoms with E-state index in [0.29, 0.717) is 21.0 Å². The zero-order valence-corrected chi connectivity index (χ0v) is 12.7. The van der Waals surface area contributed by atoms with E-state index in [1.807, 2.05) is 12.1 Å². The number of esters is 1. The molecule has 0 spiro atoms. The predicted molar refractivity (Wildman–Crippen MR) is 75.9 cm³/mol. The molecule has 0 aliphatic carbocycles. The van der Waals surface area contributed by atoms with Gasteiger partial charge in [0.15, 0.2) is 0 Å². The Bertz CT molecular complexity index is 620. The summed E-state index contributed by atoms with van der Waals surface area (Å²) in [6, 6.07) is 5.41. The minimum atomic E-state index is -0.417. The Hall–Kier alpha value is -1.31. The van der Waals surface area contributed by atoms with Gasteiger partial charge in [-0.25, -0.2) is 4.68 Å². The molecule has 9 heteroatoms. The summed E-state index contributed by atoms with van der Waals surface area (Å²) >= 11 is 13.4. The van der Waals surface area contributed by atoms with Gasteiger partial charge in [-0.3, -0.25) is 4.79 Å². The standard InChI is InChI=1S/C11H10Cl2N4O2S/c1-19-9(18)5-17-11(14-15-16-17)20-6-7-3-2-4-8(12)10(7)13/h2-4H,5-6H2,1H3. The lowest BCUT2D eigenvalue weighted by atomic mass is 10.2. The lowest BCUT2D eigenvalue weighted by molar-refractivity contribution is -0.141. The summed E-state index contributed by atoms with van der Waals surface area (Å²) < 4.78 is 5.94. The molecule has 0 radical (unpaired) electrons. The Morgan fingerprint density at radius 1 is 1.45 bits per heavy atom. The number of methoxy groups -OCH3 is 1. The zero-order valence-electron chi connectivity index (χ0n) is 10.4. The molecule has 1 heterocycles. The number of thioether (sulfide) groups is 1. The Balaban J connectivity index is 2.06. The van der Waals surface area contributed by atoms with Crippen LogP contribution >= 0.6 is 35.0 Å². The molecule has 0 aliphatic heterocycles. The van der Waals surface area contributed by atoms with Gasteiger partial charge in [0, 0.05) is 5.75 Å². The van der Waals surface area contributed by atoms with Crippen LogP contribution in [0.1, 0.15) is 5.56 Å². The number of halogens is 2. The van der Waals surface area contributed by atoms with Crippen LogP contribution in [0.3, 0.4) is 0 Å². The van der Waals surface area contributed by atoms with E-state index in [1.165, 1.54) is 23.6 Å². The van der Waals surface area contributed by atoms with Crippen molar-refractivity contribution in [3.8, 4) is 0 Å². The van der Waals surface area contributed by atoms with Crippen LogP contribution < -0.4 is 0 Å². The first-order valence-corrected chi connectivity index (χ1v) is 7.24. The van der Waals surface area contributed by atoms with Gasteiger partial charge in [-0.05, 0) is 22.1 Å². The summed E-state index contributed by atoms with van der Waals surface area (Å²) in [4.78, 5) is 11.2. The van der Waals surface area contributed by atoms with Gasteiger partial charge in [-0.1, -0.05) is 47.1 Å². The number of aromatic nitrogens is 4. The maximum atomic E-state index is 11.2. The van der Waals surface area contributed by atoms with Crippen molar-refractivity contribution in [2.45, 2.75) is 17.5 Å².